The lowest BCUT2D eigenvalue weighted by Gasteiger charge is -2.39. The van der Waals surface area contributed by atoms with Crippen molar-refractivity contribution in [2.75, 3.05) is 47.0 Å². The summed E-state index contributed by atoms with van der Waals surface area (Å²) in [6.07, 6.45) is 0. The molecule has 1 aromatic rings. The maximum Gasteiger partial charge on any atom is 0.290 e. The van der Waals surface area contributed by atoms with Crippen LogP contribution in [0.3, 0.4) is 0 Å². The number of aliphatic hydroxyl groups excluding tert-OH is 1. The summed E-state index contributed by atoms with van der Waals surface area (Å²) >= 11 is 0. The molecular formula is C15H23ClF2N2O3. The fraction of sp³-hybridized carbons (Fsp3) is 0.600. The molecule has 1 saturated heterocycles. The van der Waals surface area contributed by atoms with Crippen LogP contribution in [0.25, 0.3) is 0 Å². The zero-order valence-corrected chi connectivity index (χ0v) is 14.0. The molecule has 1 aromatic carbocycles. The first kappa shape index (κ1) is 19.9. The number of hydrogen-bond acceptors (Lipinski definition) is 5. The lowest BCUT2D eigenvalue weighted by atomic mass is 9.97. The molecule has 132 valence electrons. The number of alkyl halides is 2. The van der Waals surface area contributed by atoms with Crippen molar-refractivity contribution >= 4 is 12.4 Å². The van der Waals surface area contributed by atoms with Crippen LogP contribution in [0.15, 0.2) is 18.2 Å². The van der Waals surface area contributed by atoms with E-state index in [2.05, 4.69) is 5.32 Å². The van der Waals surface area contributed by atoms with Crippen LogP contribution in [-0.4, -0.2) is 62.9 Å². The molecule has 0 amide bonds. The molecule has 0 bridgehead atoms. The van der Waals surface area contributed by atoms with Crippen LogP contribution < -0.4 is 14.8 Å². The molecule has 2 rings (SSSR count). The average molecular weight is 353 g/mol. The number of piperazine rings is 1. The van der Waals surface area contributed by atoms with Gasteiger partial charge in [0.05, 0.1) is 14.2 Å². The van der Waals surface area contributed by atoms with Crippen molar-refractivity contribution in [3.05, 3.63) is 23.8 Å². The highest BCUT2D eigenvalue weighted by Gasteiger charge is 2.45. The summed E-state index contributed by atoms with van der Waals surface area (Å²) in [4.78, 5) is 1.68. The van der Waals surface area contributed by atoms with Crippen molar-refractivity contribution in [2.24, 2.45) is 0 Å². The summed E-state index contributed by atoms with van der Waals surface area (Å²) in [5, 5.41) is 12.3. The number of nitrogens with one attached hydrogen (secondary N) is 1. The first-order chi connectivity index (χ1) is 10.5. The molecule has 0 unspecified atom stereocenters. The van der Waals surface area contributed by atoms with Gasteiger partial charge in [-0.25, -0.2) is 8.78 Å². The lowest BCUT2D eigenvalue weighted by molar-refractivity contribution is -0.119. The van der Waals surface area contributed by atoms with Gasteiger partial charge < -0.3 is 19.9 Å². The third-order valence-corrected chi connectivity index (χ3v) is 3.86. The molecule has 1 fully saturated rings. The zero-order chi connectivity index (χ0) is 16.2. The van der Waals surface area contributed by atoms with Crippen LogP contribution in [-0.2, 0) is 0 Å². The summed E-state index contributed by atoms with van der Waals surface area (Å²) in [5.74, 6) is -2.40. The molecule has 1 atom stereocenters. The van der Waals surface area contributed by atoms with Crippen molar-refractivity contribution in [1.82, 2.24) is 10.2 Å². The van der Waals surface area contributed by atoms with Crippen molar-refractivity contribution in [3.8, 4) is 11.5 Å². The van der Waals surface area contributed by atoms with Gasteiger partial charge in [0.25, 0.3) is 5.92 Å². The number of ether oxygens (including phenoxy) is 2. The maximum atomic E-state index is 14.4. The van der Waals surface area contributed by atoms with Crippen molar-refractivity contribution in [2.45, 2.75) is 12.0 Å². The molecule has 0 saturated carbocycles. The number of rotatable bonds is 6. The molecule has 0 aliphatic carbocycles. The van der Waals surface area contributed by atoms with Gasteiger partial charge >= 0.3 is 0 Å². The van der Waals surface area contributed by atoms with Gasteiger partial charge in [-0.15, -0.1) is 12.4 Å². The average Bonchev–Trinajstić information content (AvgIpc) is 2.56. The van der Waals surface area contributed by atoms with Gasteiger partial charge in [0, 0.05) is 37.8 Å². The van der Waals surface area contributed by atoms with E-state index in [-0.39, 0.29) is 12.4 Å². The minimum absolute atomic E-state index is 0. The van der Waals surface area contributed by atoms with Crippen LogP contribution in [0.5, 0.6) is 11.5 Å². The van der Waals surface area contributed by atoms with Crippen molar-refractivity contribution < 1.29 is 23.4 Å². The normalized spacial score (nSPS) is 17.3. The van der Waals surface area contributed by atoms with E-state index >= 15 is 0 Å². The minimum atomic E-state index is -3.26. The van der Waals surface area contributed by atoms with Gasteiger partial charge in [-0.1, -0.05) is 0 Å². The number of methoxy groups -OCH3 is 2. The first-order valence-corrected chi connectivity index (χ1v) is 7.19. The largest absolute Gasteiger partial charge is 0.497 e. The molecule has 1 heterocycles. The second kappa shape index (κ2) is 8.63. The van der Waals surface area contributed by atoms with Gasteiger partial charge in [0.1, 0.15) is 24.1 Å². The Bertz CT molecular complexity index is 500. The molecule has 0 spiro atoms. The predicted molar refractivity (Wildman–Crippen MR) is 86.0 cm³/mol. The Morgan fingerprint density at radius 1 is 1.26 bits per heavy atom. The Hall–Kier alpha value is -1.15. The molecule has 2 N–H and O–H groups in total. The molecule has 8 heteroatoms. The Balaban J connectivity index is 0.00000264. The fourth-order valence-electron chi connectivity index (χ4n) is 2.76. The smallest absolute Gasteiger partial charge is 0.290 e. The van der Waals surface area contributed by atoms with Gasteiger partial charge in [0.2, 0.25) is 0 Å². The van der Waals surface area contributed by atoms with Crippen LogP contribution in [0.1, 0.15) is 11.6 Å². The number of halogens is 3. The lowest BCUT2D eigenvalue weighted by Crippen LogP contribution is -2.51. The molecule has 0 aromatic heterocycles. The Labute approximate surface area is 141 Å². The van der Waals surface area contributed by atoms with E-state index in [4.69, 9.17) is 14.6 Å². The molecule has 23 heavy (non-hydrogen) atoms. The monoisotopic (exact) mass is 352 g/mol. The quantitative estimate of drug-likeness (QED) is 0.816. The minimum Gasteiger partial charge on any atom is -0.497 e. The topological polar surface area (TPSA) is 54.0 Å². The molecule has 1 aliphatic heterocycles. The number of benzene rings is 1. The van der Waals surface area contributed by atoms with Crippen molar-refractivity contribution in [1.29, 1.82) is 0 Å². The number of aliphatic hydroxyl groups is 1. The fourth-order valence-corrected chi connectivity index (χ4v) is 2.76. The summed E-state index contributed by atoms with van der Waals surface area (Å²) in [6, 6.07) is 3.55. The summed E-state index contributed by atoms with van der Waals surface area (Å²) < 4.78 is 39.1. The Kier molecular flexibility index (Phi) is 7.47. The van der Waals surface area contributed by atoms with E-state index in [1.807, 2.05) is 0 Å². The standard InChI is InChI=1S/C15H22F2N2O3.ClH/c1-21-11-3-4-12(13(9-11)22-2)14(15(16,17)10-20)19-7-5-18-6-8-19;/h3-4,9,14,18,20H,5-8,10H2,1-2H3;1H/t14-;/m0./s1. The highest BCUT2D eigenvalue weighted by molar-refractivity contribution is 5.85. The van der Waals surface area contributed by atoms with E-state index in [0.717, 1.165) is 0 Å². The first-order valence-electron chi connectivity index (χ1n) is 7.19. The summed E-state index contributed by atoms with van der Waals surface area (Å²) in [6.45, 7) is 1.02. The van der Waals surface area contributed by atoms with E-state index < -0.39 is 18.6 Å². The van der Waals surface area contributed by atoms with E-state index in [0.29, 0.717) is 43.2 Å². The molecule has 0 radical (unpaired) electrons. The van der Waals surface area contributed by atoms with E-state index in [9.17, 15) is 8.78 Å². The maximum absolute atomic E-state index is 14.4. The van der Waals surface area contributed by atoms with Crippen LogP contribution >= 0.6 is 12.4 Å². The van der Waals surface area contributed by atoms with Gasteiger partial charge in [-0.05, 0) is 12.1 Å². The van der Waals surface area contributed by atoms with Gasteiger partial charge in [-0.3, -0.25) is 4.90 Å². The van der Waals surface area contributed by atoms with Crippen LogP contribution in [0, 0.1) is 0 Å². The Morgan fingerprint density at radius 2 is 1.91 bits per heavy atom. The third kappa shape index (κ3) is 4.44. The SMILES string of the molecule is COc1ccc([C@H](N2CCNCC2)C(F)(F)CO)c(OC)c1.Cl. The van der Waals surface area contributed by atoms with Crippen molar-refractivity contribution in [3.63, 3.8) is 0 Å². The summed E-state index contributed by atoms with van der Waals surface area (Å²) in [5.41, 5.74) is 0.351. The van der Waals surface area contributed by atoms with E-state index in [1.165, 1.54) is 14.2 Å². The van der Waals surface area contributed by atoms with E-state index in [1.54, 1.807) is 23.1 Å². The highest BCUT2D eigenvalue weighted by atomic mass is 35.5. The van der Waals surface area contributed by atoms with Gasteiger partial charge in [0.15, 0.2) is 0 Å². The number of nitrogens with zero attached hydrogens (tertiary/aromatic N) is 1. The molecule has 1 aliphatic rings. The zero-order valence-electron chi connectivity index (χ0n) is 13.2. The molecule has 5 nitrogen and oxygen atoms in total. The highest BCUT2D eigenvalue weighted by Crippen LogP contribution is 2.41. The third-order valence-electron chi connectivity index (χ3n) is 3.86. The van der Waals surface area contributed by atoms with Crippen LogP contribution in [0.2, 0.25) is 0 Å². The van der Waals surface area contributed by atoms with Crippen LogP contribution in [0.4, 0.5) is 8.78 Å². The second-order valence-electron chi connectivity index (χ2n) is 5.22. The number of hydrogen-bond donors (Lipinski definition) is 2. The summed E-state index contributed by atoms with van der Waals surface area (Å²) in [7, 11) is 2.94. The predicted octanol–water partition coefficient (Wildman–Crippen LogP) is 1.70. The van der Waals surface area contributed by atoms with Gasteiger partial charge in [-0.2, -0.15) is 0 Å². The second-order valence-corrected chi connectivity index (χ2v) is 5.22. The Morgan fingerprint density at radius 3 is 2.43 bits per heavy atom. The molecular weight excluding hydrogens is 330 g/mol.